The molecule has 3 atom stereocenters. The Labute approximate surface area is 79.9 Å². The first-order valence-corrected chi connectivity index (χ1v) is 5.49. The normalized spacial score (nSPS) is 40.8. The number of aliphatic hydroxyl groups is 1. The van der Waals surface area contributed by atoms with Gasteiger partial charge in [-0.1, -0.05) is 0 Å². The summed E-state index contributed by atoms with van der Waals surface area (Å²) in [6, 6.07) is 1.21. The molecule has 0 aromatic carbocycles. The Bertz CT molecular complexity index is 157. The van der Waals surface area contributed by atoms with Crippen molar-refractivity contribution in [3.63, 3.8) is 0 Å². The Morgan fingerprint density at radius 3 is 2.77 bits per heavy atom. The summed E-state index contributed by atoms with van der Waals surface area (Å²) in [5, 5.41) is 16.5. The molecule has 2 fully saturated rings. The van der Waals surface area contributed by atoms with E-state index in [2.05, 4.69) is 10.6 Å². The lowest BCUT2D eigenvalue weighted by molar-refractivity contribution is 0.109. The molecule has 76 valence electrons. The second-order valence-electron chi connectivity index (χ2n) is 4.37. The first-order valence-electron chi connectivity index (χ1n) is 5.49. The van der Waals surface area contributed by atoms with Crippen LogP contribution in [0.3, 0.4) is 0 Å². The SMILES string of the molecule is OC1CCCC(NC2CCNC2)C1. The maximum absolute atomic E-state index is 9.50. The van der Waals surface area contributed by atoms with Crippen LogP contribution in [-0.2, 0) is 0 Å². The molecule has 1 aliphatic carbocycles. The van der Waals surface area contributed by atoms with Crippen LogP contribution in [0.4, 0.5) is 0 Å². The standard InChI is InChI=1S/C10H20N2O/c13-10-3-1-2-8(6-10)12-9-4-5-11-7-9/h8-13H,1-7H2. The minimum absolute atomic E-state index is 0.0550. The van der Waals surface area contributed by atoms with Crippen LogP contribution < -0.4 is 10.6 Å². The molecule has 2 rings (SSSR count). The van der Waals surface area contributed by atoms with E-state index in [1.54, 1.807) is 0 Å². The van der Waals surface area contributed by atoms with E-state index >= 15 is 0 Å². The van der Waals surface area contributed by atoms with E-state index in [0.717, 1.165) is 25.9 Å². The van der Waals surface area contributed by atoms with Gasteiger partial charge >= 0.3 is 0 Å². The van der Waals surface area contributed by atoms with Crippen molar-refractivity contribution in [1.82, 2.24) is 10.6 Å². The fraction of sp³-hybridized carbons (Fsp3) is 1.00. The van der Waals surface area contributed by atoms with Gasteiger partial charge < -0.3 is 15.7 Å². The van der Waals surface area contributed by atoms with Crippen molar-refractivity contribution in [3.8, 4) is 0 Å². The van der Waals surface area contributed by atoms with Gasteiger partial charge in [0.05, 0.1) is 6.10 Å². The monoisotopic (exact) mass is 184 g/mol. The van der Waals surface area contributed by atoms with Gasteiger partial charge in [-0.2, -0.15) is 0 Å². The molecule has 1 aliphatic heterocycles. The summed E-state index contributed by atoms with van der Waals surface area (Å²) in [5.41, 5.74) is 0. The first kappa shape index (κ1) is 9.44. The van der Waals surface area contributed by atoms with Gasteiger partial charge in [0.2, 0.25) is 0 Å². The van der Waals surface area contributed by atoms with Gasteiger partial charge in [0.25, 0.3) is 0 Å². The Kier molecular flexibility index (Phi) is 3.19. The Morgan fingerprint density at radius 1 is 1.15 bits per heavy atom. The summed E-state index contributed by atoms with van der Waals surface area (Å²) in [4.78, 5) is 0. The molecular weight excluding hydrogens is 164 g/mol. The summed E-state index contributed by atoms with van der Waals surface area (Å²) >= 11 is 0. The van der Waals surface area contributed by atoms with Crippen LogP contribution in [0.1, 0.15) is 32.1 Å². The molecule has 0 amide bonds. The minimum atomic E-state index is -0.0550. The third kappa shape index (κ3) is 2.66. The third-order valence-corrected chi connectivity index (χ3v) is 3.18. The lowest BCUT2D eigenvalue weighted by Gasteiger charge is -2.29. The third-order valence-electron chi connectivity index (χ3n) is 3.18. The maximum atomic E-state index is 9.50. The average Bonchev–Trinajstić information content (AvgIpc) is 2.57. The summed E-state index contributed by atoms with van der Waals surface area (Å²) in [5.74, 6) is 0. The van der Waals surface area contributed by atoms with Crippen LogP contribution in [0, 0.1) is 0 Å². The van der Waals surface area contributed by atoms with Crippen LogP contribution in [0.25, 0.3) is 0 Å². The highest BCUT2D eigenvalue weighted by Gasteiger charge is 2.23. The predicted molar refractivity (Wildman–Crippen MR) is 52.7 cm³/mol. The van der Waals surface area contributed by atoms with Crippen LogP contribution in [0.5, 0.6) is 0 Å². The molecule has 0 radical (unpaired) electrons. The topological polar surface area (TPSA) is 44.3 Å². The van der Waals surface area contributed by atoms with Gasteiger partial charge in [-0.05, 0) is 38.6 Å². The van der Waals surface area contributed by atoms with E-state index in [1.165, 1.54) is 19.3 Å². The van der Waals surface area contributed by atoms with Crippen molar-refractivity contribution in [2.75, 3.05) is 13.1 Å². The van der Waals surface area contributed by atoms with E-state index in [0.29, 0.717) is 12.1 Å². The van der Waals surface area contributed by atoms with Crippen LogP contribution >= 0.6 is 0 Å². The number of nitrogens with one attached hydrogen (secondary N) is 2. The van der Waals surface area contributed by atoms with Gasteiger partial charge in [0.1, 0.15) is 0 Å². The van der Waals surface area contributed by atoms with Crippen molar-refractivity contribution in [2.24, 2.45) is 0 Å². The van der Waals surface area contributed by atoms with E-state index in [4.69, 9.17) is 0 Å². The molecule has 1 saturated carbocycles. The highest BCUT2D eigenvalue weighted by molar-refractivity contribution is 4.84. The van der Waals surface area contributed by atoms with Crippen molar-refractivity contribution < 1.29 is 5.11 Å². The van der Waals surface area contributed by atoms with Gasteiger partial charge in [0.15, 0.2) is 0 Å². The second kappa shape index (κ2) is 4.40. The van der Waals surface area contributed by atoms with Gasteiger partial charge in [-0.25, -0.2) is 0 Å². The highest BCUT2D eigenvalue weighted by Crippen LogP contribution is 2.19. The van der Waals surface area contributed by atoms with Crippen molar-refractivity contribution in [2.45, 2.75) is 50.3 Å². The molecule has 13 heavy (non-hydrogen) atoms. The van der Waals surface area contributed by atoms with Crippen LogP contribution in [0.15, 0.2) is 0 Å². The van der Waals surface area contributed by atoms with E-state index < -0.39 is 0 Å². The average molecular weight is 184 g/mol. The zero-order valence-corrected chi connectivity index (χ0v) is 8.13. The number of aliphatic hydroxyl groups excluding tert-OH is 1. The molecule has 0 bridgehead atoms. The molecule has 0 aromatic heterocycles. The summed E-state index contributed by atoms with van der Waals surface area (Å²) in [6.07, 6.45) is 5.57. The molecule has 3 N–H and O–H groups in total. The van der Waals surface area contributed by atoms with Crippen molar-refractivity contribution in [3.05, 3.63) is 0 Å². The molecule has 2 aliphatic rings. The Morgan fingerprint density at radius 2 is 2.08 bits per heavy atom. The Hall–Kier alpha value is -0.120. The van der Waals surface area contributed by atoms with E-state index in [9.17, 15) is 5.11 Å². The summed E-state index contributed by atoms with van der Waals surface area (Å²) in [6.45, 7) is 2.25. The number of rotatable bonds is 2. The molecule has 0 spiro atoms. The molecular formula is C10H20N2O. The number of hydrogen-bond donors (Lipinski definition) is 3. The second-order valence-corrected chi connectivity index (χ2v) is 4.37. The highest BCUT2D eigenvalue weighted by atomic mass is 16.3. The molecule has 3 unspecified atom stereocenters. The van der Waals surface area contributed by atoms with Crippen molar-refractivity contribution in [1.29, 1.82) is 0 Å². The van der Waals surface area contributed by atoms with E-state index in [-0.39, 0.29) is 6.10 Å². The molecule has 1 saturated heterocycles. The first-order chi connectivity index (χ1) is 6.34. The van der Waals surface area contributed by atoms with Crippen LogP contribution in [0.2, 0.25) is 0 Å². The van der Waals surface area contributed by atoms with Gasteiger partial charge in [0, 0.05) is 18.6 Å². The molecule has 3 heteroatoms. The fourth-order valence-electron chi connectivity index (χ4n) is 2.45. The van der Waals surface area contributed by atoms with Gasteiger partial charge in [-0.3, -0.25) is 0 Å². The van der Waals surface area contributed by atoms with Crippen molar-refractivity contribution >= 4 is 0 Å². The molecule has 1 heterocycles. The lowest BCUT2D eigenvalue weighted by atomic mass is 9.92. The summed E-state index contributed by atoms with van der Waals surface area (Å²) in [7, 11) is 0. The predicted octanol–water partition coefficient (Wildman–Crippen LogP) is 0.241. The smallest absolute Gasteiger partial charge is 0.0555 e. The number of hydrogen-bond acceptors (Lipinski definition) is 3. The van der Waals surface area contributed by atoms with Gasteiger partial charge in [-0.15, -0.1) is 0 Å². The lowest BCUT2D eigenvalue weighted by Crippen LogP contribution is -2.43. The largest absolute Gasteiger partial charge is 0.393 e. The fourth-order valence-corrected chi connectivity index (χ4v) is 2.45. The summed E-state index contributed by atoms with van der Waals surface area (Å²) < 4.78 is 0. The van der Waals surface area contributed by atoms with Crippen LogP contribution in [-0.4, -0.2) is 36.4 Å². The zero-order valence-electron chi connectivity index (χ0n) is 8.13. The zero-order chi connectivity index (χ0) is 9.10. The maximum Gasteiger partial charge on any atom is 0.0555 e. The quantitative estimate of drug-likeness (QED) is 0.576. The minimum Gasteiger partial charge on any atom is -0.393 e. The van der Waals surface area contributed by atoms with E-state index in [1.807, 2.05) is 0 Å². The molecule has 3 nitrogen and oxygen atoms in total. The Balaban J connectivity index is 1.73. The molecule has 0 aromatic rings.